The molecule has 0 bridgehead atoms. The van der Waals surface area contributed by atoms with Gasteiger partial charge >= 0.3 is 0 Å². The topological polar surface area (TPSA) is 41.3 Å². The highest BCUT2D eigenvalue weighted by molar-refractivity contribution is 7.99. The van der Waals surface area contributed by atoms with Crippen LogP contribution in [-0.2, 0) is 0 Å². The summed E-state index contributed by atoms with van der Waals surface area (Å²) in [4.78, 5) is 2.47. The Balaban J connectivity index is 1.81. The van der Waals surface area contributed by atoms with Crippen LogP contribution in [0.1, 0.15) is 0 Å². The van der Waals surface area contributed by atoms with Crippen molar-refractivity contribution < 1.29 is 0 Å². The van der Waals surface area contributed by atoms with Crippen LogP contribution in [0.5, 0.6) is 0 Å². The van der Waals surface area contributed by atoms with Crippen LogP contribution in [0, 0.1) is 0 Å². The van der Waals surface area contributed by atoms with Gasteiger partial charge in [-0.25, -0.2) is 0 Å². The highest BCUT2D eigenvalue weighted by Gasteiger charge is 2.10. The molecule has 1 heterocycles. The minimum atomic E-state index is 0.694. The zero-order chi connectivity index (χ0) is 12.1. The first kappa shape index (κ1) is 12.9. The van der Waals surface area contributed by atoms with E-state index >= 15 is 0 Å². The molecule has 0 radical (unpaired) electrons. The molecule has 1 fully saturated rings. The molecule has 0 spiro atoms. The summed E-state index contributed by atoms with van der Waals surface area (Å²) in [6.07, 6.45) is 0. The normalized spacial score (nSPS) is 17.0. The van der Waals surface area contributed by atoms with Crippen molar-refractivity contribution >= 4 is 34.7 Å². The second-order valence-electron chi connectivity index (χ2n) is 4.08. The Morgan fingerprint density at radius 3 is 2.82 bits per heavy atom. The highest BCUT2D eigenvalue weighted by atomic mass is 35.5. The molecule has 0 saturated carbocycles. The molecule has 1 aromatic rings. The molecular weight excluding hydrogens is 254 g/mol. The first-order valence-electron chi connectivity index (χ1n) is 5.85. The van der Waals surface area contributed by atoms with E-state index in [1.54, 1.807) is 0 Å². The van der Waals surface area contributed by atoms with Crippen molar-refractivity contribution in [1.29, 1.82) is 0 Å². The number of benzene rings is 1. The summed E-state index contributed by atoms with van der Waals surface area (Å²) < 4.78 is 0. The van der Waals surface area contributed by atoms with Gasteiger partial charge in [-0.3, -0.25) is 4.90 Å². The van der Waals surface area contributed by atoms with Crippen LogP contribution in [0.3, 0.4) is 0 Å². The molecule has 0 amide bonds. The van der Waals surface area contributed by atoms with Gasteiger partial charge in [0.15, 0.2) is 0 Å². The number of thioether (sulfide) groups is 1. The quantitative estimate of drug-likeness (QED) is 0.825. The van der Waals surface area contributed by atoms with E-state index in [9.17, 15) is 0 Å². The fourth-order valence-corrected chi connectivity index (χ4v) is 3.12. The average Bonchev–Trinajstić information content (AvgIpc) is 2.34. The monoisotopic (exact) mass is 271 g/mol. The lowest BCUT2D eigenvalue weighted by atomic mass is 10.2. The number of para-hydroxylation sites is 1. The van der Waals surface area contributed by atoms with Gasteiger partial charge in [-0.05, 0) is 12.1 Å². The third kappa shape index (κ3) is 3.69. The lowest BCUT2D eigenvalue weighted by molar-refractivity contribution is 0.314. The van der Waals surface area contributed by atoms with Gasteiger partial charge in [0, 0.05) is 37.7 Å². The maximum atomic E-state index is 6.09. The Bertz CT molecular complexity index is 347. The molecule has 0 unspecified atom stereocenters. The SMILES string of the molecule is Nc1cccc(Cl)c1NCCN1CCSCC1. The Hall–Kier alpha value is -0.580. The number of nitrogen functional groups attached to an aromatic ring is 1. The van der Waals surface area contributed by atoms with Gasteiger partial charge in [0.25, 0.3) is 0 Å². The number of nitrogens with one attached hydrogen (secondary N) is 1. The van der Waals surface area contributed by atoms with Crippen molar-refractivity contribution in [3.63, 3.8) is 0 Å². The third-order valence-electron chi connectivity index (χ3n) is 2.88. The van der Waals surface area contributed by atoms with Gasteiger partial charge < -0.3 is 11.1 Å². The van der Waals surface area contributed by atoms with Gasteiger partial charge in [-0.1, -0.05) is 17.7 Å². The Kier molecular flexibility index (Phi) is 4.83. The predicted molar refractivity (Wildman–Crippen MR) is 78.1 cm³/mol. The molecule has 1 saturated heterocycles. The molecule has 5 heteroatoms. The van der Waals surface area contributed by atoms with Crippen LogP contribution in [0.2, 0.25) is 5.02 Å². The maximum Gasteiger partial charge on any atom is 0.0763 e. The molecule has 0 atom stereocenters. The van der Waals surface area contributed by atoms with Crippen molar-refractivity contribution in [3.8, 4) is 0 Å². The number of rotatable bonds is 4. The van der Waals surface area contributed by atoms with Gasteiger partial charge in [-0.2, -0.15) is 11.8 Å². The van der Waals surface area contributed by atoms with Crippen LogP contribution >= 0.6 is 23.4 Å². The number of hydrogen-bond donors (Lipinski definition) is 2. The van der Waals surface area contributed by atoms with E-state index in [2.05, 4.69) is 10.2 Å². The van der Waals surface area contributed by atoms with Gasteiger partial charge in [0.05, 0.1) is 16.4 Å². The Morgan fingerprint density at radius 1 is 1.35 bits per heavy atom. The molecule has 3 N–H and O–H groups in total. The van der Waals surface area contributed by atoms with Crippen LogP contribution in [0.15, 0.2) is 18.2 Å². The van der Waals surface area contributed by atoms with Gasteiger partial charge in [-0.15, -0.1) is 0 Å². The maximum absolute atomic E-state index is 6.09. The molecule has 94 valence electrons. The highest BCUT2D eigenvalue weighted by Crippen LogP contribution is 2.27. The Morgan fingerprint density at radius 2 is 2.12 bits per heavy atom. The van der Waals surface area contributed by atoms with Crippen molar-refractivity contribution in [2.24, 2.45) is 0 Å². The lowest BCUT2D eigenvalue weighted by Crippen LogP contribution is -2.36. The molecule has 1 aliphatic rings. The molecule has 3 nitrogen and oxygen atoms in total. The van der Waals surface area contributed by atoms with Crippen LogP contribution in [0.4, 0.5) is 11.4 Å². The molecular formula is C12H18ClN3S. The number of halogens is 1. The van der Waals surface area contributed by atoms with Crippen molar-refractivity contribution in [3.05, 3.63) is 23.2 Å². The summed E-state index contributed by atoms with van der Waals surface area (Å²) in [5.41, 5.74) is 7.45. The minimum absolute atomic E-state index is 0.694. The first-order chi connectivity index (χ1) is 8.27. The molecule has 2 rings (SSSR count). The fourth-order valence-electron chi connectivity index (χ4n) is 1.89. The fraction of sp³-hybridized carbons (Fsp3) is 0.500. The second kappa shape index (κ2) is 6.38. The van der Waals surface area contributed by atoms with Crippen molar-refractivity contribution in [2.45, 2.75) is 0 Å². The van der Waals surface area contributed by atoms with E-state index < -0.39 is 0 Å². The molecule has 0 aliphatic carbocycles. The summed E-state index contributed by atoms with van der Waals surface area (Å²) in [6.45, 7) is 4.30. The zero-order valence-electron chi connectivity index (χ0n) is 9.79. The van der Waals surface area contributed by atoms with Gasteiger partial charge in [0.2, 0.25) is 0 Å². The van der Waals surface area contributed by atoms with E-state index in [1.807, 2.05) is 30.0 Å². The van der Waals surface area contributed by atoms with E-state index in [-0.39, 0.29) is 0 Å². The number of anilines is 2. The van der Waals surface area contributed by atoms with Crippen molar-refractivity contribution in [1.82, 2.24) is 4.90 Å². The number of hydrogen-bond acceptors (Lipinski definition) is 4. The second-order valence-corrected chi connectivity index (χ2v) is 5.72. The largest absolute Gasteiger partial charge is 0.397 e. The minimum Gasteiger partial charge on any atom is -0.397 e. The van der Waals surface area contributed by atoms with E-state index in [1.165, 1.54) is 24.6 Å². The van der Waals surface area contributed by atoms with E-state index in [0.717, 1.165) is 18.8 Å². The molecule has 0 aromatic heterocycles. The average molecular weight is 272 g/mol. The molecule has 17 heavy (non-hydrogen) atoms. The van der Waals surface area contributed by atoms with Crippen LogP contribution in [0.25, 0.3) is 0 Å². The summed E-state index contributed by atoms with van der Waals surface area (Å²) in [5.74, 6) is 2.49. The smallest absolute Gasteiger partial charge is 0.0763 e. The van der Waals surface area contributed by atoms with E-state index in [0.29, 0.717) is 10.7 Å². The summed E-state index contributed by atoms with van der Waals surface area (Å²) in [5, 5.41) is 4.02. The molecule has 1 aliphatic heterocycles. The number of nitrogens with zero attached hydrogens (tertiary/aromatic N) is 1. The van der Waals surface area contributed by atoms with Crippen molar-refractivity contribution in [2.75, 3.05) is 48.7 Å². The lowest BCUT2D eigenvalue weighted by Gasteiger charge is -2.26. The third-order valence-corrected chi connectivity index (χ3v) is 4.14. The standard InChI is InChI=1S/C12H18ClN3S/c13-10-2-1-3-11(14)12(10)15-4-5-16-6-8-17-9-7-16/h1-3,15H,4-9,14H2. The summed E-state index contributed by atoms with van der Waals surface area (Å²) in [6, 6.07) is 5.59. The van der Waals surface area contributed by atoms with Crippen LogP contribution in [-0.4, -0.2) is 42.6 Å². The van der Waals surface area contributed by atoms with Crippen LogP contribution < -0.4 is 11.1 Å². The zero-order valence-corrected chi connectivity index (χ0v) is 11.4. The summed E-state index contributed by atoms with van der Waals surface area (Å²) in [7, 11) is 0. The van der Waals surface area contributed by atoms with Gasteiger partial charge in [0.1, 0.15) is 0 Å². The number of nitrogens with two attached hydrogens (primary N) is 1. The predicted octanol–water partition coefficient (Wildman–Crippen LogP) is 2.38. The summed E-state index contributed by atoms with van der Waals surface area (Å²) >= 11 is 8.12. The van der Waals surface area contributed by atoms with E-state index in [4.69, 9.17) is 17.3 Å². The first-order valence-corrected chi connectivity index (χ1v) is 7.38. The molecule has 1 aromatic carbocycles. The Labute approximate surface area is 112 Å².